The van der Waals surface area contributed by atoms with Gasteiger partial charge in [-0.05, 0) is 37.6 Å². The Labute approximate surface area is 205 Å². The molecular formula is C21H19ClF6N4O4. The second kappa shape index (κ2) is 10.5. The molecule has 8 nitrogen and oxygen atoms in total. The number of nitrogens with zero attached hydrogens (tertiary/aromatic N) is 3. The first-order valence-corrected chi connectivity index (χ1v) is 10.7. The number of nitrogens with one attached hydrogen (secondary N) is 1. The predicted octanol–water partition coefficient (Wildman–Crippen LogP) is 3.70. The molecule has 36 heavy (non-hydrogen) atoms. The van der Waals surface area contributed by atoms with Crippen LogP contribution in [0.2, 0.25) is 0 Å². The molecule has 1 aliphatic heterocycles. The normalized spacial score (nSPS) is 20.1. The van der Waals surface area contributed by atoms with Crippen LogP contribution in [0.1, 0.15) is 18.9 Å². The van der Waals surface area contributed by atoms with Crippen LogP contribution in [0.4, 0.5) is 32.0 Å². The number of carbonyl (C=O) groups is 2. The van der Waals surface area contributed by atoms with Crippen LogP contribution >= 0.6 is 11.6 Å². The number of carbonyl (C=O) groups excluding carboxylic acids is 2. The van der Waals surface area contributed by atoms with Crippen molar-refractivity contribution in [3.63, 3.8) is 0 Å². The summed E-state index contributed by atoms with van der Waals surface area (Å²) in [7, 11) is 0. The number of halogens is 7. The molecule has 0 unspecified atom stereocenters. The summed E-state index contributed by atoms with van der Waals surface area (Å²) in [5, 5.41) is 2.18. The van der Waals surface area contributed by atoms with E-state index in [0.29, 0.717) is 4.90 Å². The first-order chi connectivity index (χ1) is 16.8. The molecule has 1 fully saturated rings. The van der Waals surface area contributed by atoms with E-state index in [1.54, 1.807) is 0 Å². The van der Waals surface area contributed by atoms with E-state index in [0.717, 1.165) is 49.9 Å². The number of hydrogen-bond acceptors (Lipinski definition) is 6. The second-order valence-corrected chi connectivity index (χ2v) is 8.23. The van der Waals surface area contributed by atoms with E-state index in [1.165, 1.54) is 0 Å². The van der Waals surface area contributed by atoms with Gasteiger partial charge in [0.1, 0.15) is 18.7 Å². The Hall–Kier alpha value is -3.13. The number of anilines is 1. The average molecular weight is 541 g/mol. The van der Waals surface area contributed by atoms with E-state index >= 15 is 0 Å². The lowest BCUT2D eigenvalue weighted by Crippen LogP contribution is -2.63. The van der Waals surface area contributed by atoms with E-state index in [9.17, 15) is 35.9 Å². The minimum atomic E-state index is -5.01. The minimum Gasteiger partial charge on any atom is -0.406 e. The number of benzene rings is 1. The molecule has 1 N–H and O–H groups in total. The number of ether oxygens (including phenoxy) is 2. The van der Waals surface area contributed by atoms with Crippen molar-refractivity contribution in [3.05, 3.63) is 48.5 Å². The highest BCUT2D eigenvalue weighted by Gasteiger charge is 2.51. The molecule has 3 atom stereocenters. The van der Waals surface area contributed by atoms with Crippen molar-refractivity contribution in [1.29, 1.82) is 0 Å². The molecule has 0 saturated carbocycles. The van der Waals surface area contributed by atoms with Gasteiger partial charge in [0.15, 0.2) is 5.54 Å². The molecule has 1 aromatic carbocycles. The maximum absolute atomic E-state index is 14.4. The maximum Gasteiger partial charge on any atom is 0.573 e. The molecule has 1 aromatic heterocycles. The summed E-state index contributed by atoms with van der Waals surface area (Å²) >= 11 is 5.40. The van der Waals surface area contributed by atoms with Crippen LogP contribution in [0.5, 0.6) is 5.75 Å². The molecule has 196 valence electrons. The Morgan fingerprint density at radius 2 is 1.83 bits per heavy atom. The van der Waals surface area contributed by atoms with E-state index in [4.69, 9.17) is 16.3 Å². The summed E-state index contributed by atoms with van der Waals surface area (Å²) in [6.45, 7) is 0.0691. The summed E-state index contributed by atoms with van der Waals surface area (Å²) in [5.41, 5.74) is -5.41. The Kier molecular flexibility index (Phi) is 7.98. The minimum absolute atomic E-state index is 0.0801. The van der Waals surface area contributed by atoms with Gasteiger partial charge >= 0.3 is 6.36 Å². The molecule has 1 saturated heterocycles. The van der Waals surface area contributed by atoms with Crippen LogP contribution in [0.15, 0.2) is 43.0 Å². The lowest BCUT2D eigenvalue weighted by molar-refractivity contribution is -0.274. The topological polar surface area (TPSA) is 93.6 Å². The molecule has 2 heterocycles. The van der Waals surface area contributed by atoms with Crippen molar-refractivity contribution >= 4 is 29.1 Å². The van der Waals surface area contributed by atoms with Gasteiger partial charge in [0.2, 0.25) is 0 Å². The van der Waals surface area contributed by atoms with Crippen LogP contribution in [0, 0.1) is 0 Å². The van der Waals surface area contributed by atoms with Gasteiger partial charge < -0.3 is 14.8 Å². The SMILES string of the molecule is C[C@@](C(=O)N[C@@H]1CCOCC1(F)F)(c1cncnc1)N(C(=O)[C@H](F)Cl)c1ccc(OC(F)(F)F)cc1. The molecule has 2 aromatic rings. The third-order valence-corrected chi connectivity index (χ3v) is 5.59. The summed E-state index contributed by atoms with van der Waals surface area (Å²) in [6.07, 6.45) is -2.00. The van der Waals surface area contributed by atoms with Crippen molar-refractivity contribution in [2.24, 2.45) is 0 Å². The first kappa shape index (κ1) is 27.5. The molecule has 0 bridgehead atoms. The van der Waals surface area contributed by atoms with Crippen LogP contribution < -0.4 is 15.0 Å². The van der Waals surface area contributed by atoms with Crippen LogP contribution in [0.3, 0.4) is 0 Å². The highest BCUT2D eigenvalue weighted by molar-refractivity contribution is 6.32. The number of alkyl halides is 7. The molecule has 0 spiro atoms. The van der Waals surface area contributed by atoms with Gasteiger partial charge in [0, 0.05) is 30.3 Å². The molecule has 0 aliphatic carbocycles. The van der Waals surface area contributed by atoms with Crippen molar-refractivity contribution in [3.8, 4) is 5.75 Å². The molecule has 3 rings (SSSR count). The van der Waals surface area contributed by atoms with Gasteiger partial charge in [-0.1, -0.05) is 11.6 Å². The fourth-order valence-electron chi connectivity index (χ4n) is 3.61. The summed E-state index contributed by atoms with van der Waals surface area (Å²) in [6, 6.07) is 1.82. The van der Waals surface area contributed by atoms with Crippen LogP contribution in [0.25, 0.3) is 0 Å². The second-order valence-electron chi connectivity index (χ2n) is 7.84. The summed E-state index contributed by atoms with van der Waals surface area (Å²) < 4.78 is 89.1. The van der Waals surface area contributed by atoms with E-state index < -0.39 is 53.7 Å². The maximum atomic E-state index is 14.4. The Balaban J connectivity index is 2.10. The third kappa shape index (κ3) is 5.98. The summed E-state index contributed by atoms with van der Waals surface area (Å²) in [4.78, 5) is 34.5. The number of rotatable bonds is 7. The Bertz CT molecular complexity index is 1070. The molecule has 1 aliphatic rings. The van der Waals surface area contributed by atoms with E-state index in [1.807, 2.05) is 0 Å². The standard InChI is InChI=1S/C21H19ClF6N4O4/c1-19(12-8-29-11-30-9-12,18(34)31-15-6-7-35-10-20(15,24)25)32(17(33)16(22)23)13-2-4-14(5-3-13)36-21(26,27)28/h2-5,8-9,11,15-16H,6-7,10H2,1H3,(H,31,34)/t15-,16+,19+/m1/s1. The Morgan fingerprint density at radius 3 is 2.36 bits per heavy atom. The molecule has 15 heteroatoms. The molecule has 0 radical (unpaired) electrons. The highest BCUT2D eigenvalue weighted by atomic mass is 35.5. The fourth-order valence-corrected chi connectivity index (χ4v) is 3.71. The van der Waals surface area contributed by atoms with Crippen LogP contribution in [-0.2, 0) is 19.9 Å². The monoisotopic (exact) mass is 540 g/mol. The fraction of sp³-hybridized carbons (Fsp3) is 0.429. The quantitative estimate of drug-likeness (QED) is 0.425. The lowest BCUT2D eigenvalue weighted by atomic mass is 9.89. The number of amides is 2. The Morgan fingerprint density at radius 1 is 1.22 bits per heavy atom. The zero-order valence-electron chi connectivity index (χ0n) is 18.4. The summed E-state index contributed by atoms with van der Waals surface area (Å²) in [5.74, 6) is -6.80. The average Bonchev–Trinajstić information content (AvgIpc) is 2.80. The van der Waals surface area contributed by atoms with Crippen molar-refractivity contribution in [1.82, 2.24) is 15.3 Å². The van der Waals surface area contributed by atoms with Crippen molar-refractivity contribution < 1.29 is 45.4 Å². The lowest BCUT2D eigenvalue weighted by Gasteiger charge is -2.42. The zero-order chi connectivity index (χ0) is 26.7. The van der Waals surface area contributed by atoms with E-state index in [2.05, 4.69) is 20.0 Å². The number of aromatic nitrogens is 2. The smallest absolute Gasteiger partial charge is 0.406 e. The van der Waals surface area contributed by atoms with E-state index in [-0.39, 0.29) is 24.3 Å². The number of hydrogen-bond donors (Lipinski definition) is 1. The van der Waals surface area contributed by atoms with Crippen LogP contribution in [-0.4, -0.2) is 59.0 Å². The van der Waals surface area contributed by atoms with Crippen molar-refractivity contribution in [2.45, 2.75) is 42.8 Å². The predicted molar refractivity (Wildman–Crippen MR) is 113 cm³/mol. The first-order valence-electron chi connectivity index (χ1n) is 10.3. The van der Waals surface area contributed by atoms with Gasteiger partial charge in [-0.25, -0.2) is 23.1 Å². The van der Waals surface area contributed by atoms with Gasteiger partial charge in [0.25, 0.3) is 23.4 Å². The van der Waals surface area contributed by atoms with Gasteiger partial charge in [-0.3, -0.25) is 14.5 Å². The zero-order valence-corrected chi connectivity index (χ0v) is 19.2. The van der Waals surface area contributed by atoms with Gasteiger partial charge in [-0.2, -0.15) is 0 Å². The van der Waals surface area contributed by atoms with Gasteiger partial charge in [-0.15, -0.1) is 13.2 Å². The van der Waals surface area contributed by atoms with Gasteiger partial charge in [0.05, 0.1) is 6.04 Å². The molecule has 2 amide bonds. The third-order valence-electron chi connectivity index (χ3n) is 5.41. The largest absolute Gasteiger partial charge is 0.573 e. The van der Waals surface area contributed by atoms with Crippen molar-refractivity contribution in [2.75, 3.05) is 18.1 Å². The highest BCUT2D eigenvalue weighted by Crippen LogP contribution is 2.37. The molecular weight excluding hydrogens is 522 g/mol.